The van der Waals surface area contributed by atoms with Gasteiger partial charge in [0.05, 0.1) is 4.90 Å². The molecule has 0 aromatic heterocycles. The molecule has 0 spiro atoms. The van der Waals surface area contributed by atoms with Gasteiger partial charge in [-0.1, -0.05) is 0 Å². The fourth-order valence-electron chi connectivity index (χ4n) is 2.14. The second-order valence-corrected chi connectivity index (χ2v) is 6.48. The number of rotatable bonds is 3. The summed E-state index contributed by atoms with van der Waals surface area (Å²) in [5.41, 5.74) is 5.58. The third-order valence-corrected chi connectivity index (χ3v) is 5.27. The number of benzene rings is 1. The van der Waals surface area contributed by atoms with Gasteiger partial charge in [0, 0.05) is 13.1 Å². The first-order chi connectivity index (χ1) is 8.54. The summed E-state index contributed by atoms with van der Waals surface area (Å²) in [6.07, 6.45) is 1.58. The zero-order valence-corrected chi connectivity index (χ0v) is 12.1. The minimum absolute atomic E-state index is 0. The molecule has 0 amide bonds. The van der Waals surface area contributed by atoms with Crippen molar-refractivity contribution in [1.29, 1.82) is 0 Å². The molecule has 1 fully saturated rings. The first-order valence-corrected chi connectivity index (χ1v) is 7.44. The summed E-state index contributed by atoms with van der Waals surface area (Å²) in [5.74, 6) is -0.0274. The molecule has 4 nitrogen and oxygen atoms in total. The van der Waals surface area contributed by atoms with Gasteiger partial charge in [-0.15, -0.1) is 12.4 Å². The summed E-state index contributed by atoms with van der Waals surface area (Å²) in [6, 6.07) is 4.94. The summed E-state index contributed by atoms with van der Waals surface area (Å²) in [4.78, 5) is 0.148. The van der Waals surface area contributed by atoms with E-state index in [0.29, 0.717) is 25.6 Å². The Morgan fingerprint density at radius 1 is 1.21 bits per heavy atom. The van der Waals surface area contributed by atoms with Crippen molar-refractivity contribution in [2.24, 2.45) is 11.7 Å². The second kappa shape index (κ2) is 6.65. The fraction of sp³-hybridized carbons (Fsp3) is 0.500. The highest BCUT2D eigenvalue weighted by atomic mass is 35.5. The molecule has 0 radical (unpaired) electrons. The van der Waals surface area contributed by atoms with Crippen LogP contribution < -0.4 is 5.73 Å². The Balaban J connectivity index is 0.00000180. The molecular formula is C12H18ClFN2O2S. The number of piperidine rings is 1. The molecule has 2 N–H and O–H groups in total. The molecule has 0 saturated carbocycles. The first kappa shape index (κ1) is 16.4. The normalized spacial score (nSPS) is 18.0. The Hall–Kier alpha value is -0.690. The fourth-order valence-corrected chi connectivity index (χ4v) is 3.61. The molecule has 7 heteroatoms. The van der Waals surface area contributed by atoms with Gasteiger partial charge in [-0.3, -0.25) is 0 Å². The summed E-state index contributed by atoms with van der Waals surface area (Å²) in [6.45, 7) is 1.58. The summed E-state index contributed by atoms with van der Waals surface area (Å²) < 4.78 is 38.8. The van der Waals surface area contributed by atoms with Gasteiger partial charge in [0.15, 0.2) is 0 Å². The maximum atomic E-state index is 12.8. The molecule has 1 aliphatic heterocycles. The molecule has 1 heterocycles. The van der Waals surface area contributed by atoms with Crippen LogP contribution in [-0.4, -0.2) is 32.4 Å². The van der Waals surface area contributed by atoms with Crippen LogP contribution in [-0.2, 0) is 10.0 Å². The zero-order valence-electron chi connectivity index (χ0n) is 10.5. The van der Waals surface area contributed by atoms with Gasteiger partial charge in [-0.2, -0.15) is 4.31 Å². The monoisotopic (exact) mass is 308 g/mol. The molecule has 0 aliphatic carbocycles. The van der Waals surface area contributed by atoms with Crippen LogP contribution in [0.4, 0.5) is 4.39 Å². The minimum atomic E-state index is -3.48. The van der Waals surface area contributed by atoms with Crippen molar-refractivity contribution in [1.82, 2.24) is 4.31 Å². The van der Waals surface area contributed by atoms with E-state index in [9.17, 15) is 12.8 Å². The summed E-state index contributed by atoms with van der Waals surface area (Å²) >= 11 is 0. The van der Waals surface area contributed by atoms with Crippen molar-refractivity contribution in [2.45, 2.75) is 17.7 Å². The van der Waals surface area contributed by atoms with Crippen LogP contribution in [0.2, 0.25) is 0 Å². The van der Waals surface area contributed by atoms with Crippen LogP contribution >= 0.6 is 12.4 Å². The minimum Gasteiger partial charge on any atom is -0.330 e. The third-order valence-electron chi connectivity index (χ3n) is 3.36. The molecule has 1 aromatic rings. The van der Waals surface area contributed by atoms with Crippen molar-refractivity contribution in [3.05, 3.63) is 30.1 Å². The molecule has 108 valence electrons. The van der Waals surface area contributed by atoms with Gasteiger partial charge < -0.3 is 5.73 Å². The Morgan fingerprint density at radius 2 is 1.74 bits per heavy atom. The number of hydrogen-bond acceptors (Lipinski definition) is 3. The molecule has 0 unspecified atom stereocenters. The van der Waals surface area contributed by atoms with Gasteiger partial charge >= 0.3 is 0 Å². The van der Waals surface area contributed by atoms with Crippen LogP contribution in [0.5, 0.6) is 0 Å². The Bertz CT molecular complexity index is 499. The average molecular weight is 309 g/mol. The van der Waals surface area contributed by atoms with E-state index in [1.165, 1.54) is 28.6 Å². The van der Waals surface area contributed by atoms with Crippen LogP contribution in [0, 0.1) is 11.7 Å². The molecular weight excluding hydrogens is 291 g/mol. The molecule has 19 heavy (non-hydrogen) atoms. The second-order valence-electron chi connectivity index (χ2n) is 4.54. The predicted molar refractivity (Wildman–Crippen MR) is 74.2 cm³/mol. The van der Waals surface area contributed by atoms with Gasteiger partial charge in [-0.05, 0) is 49.6 Å². The van der Waals surface area contributed by atoms with Gasteiger partial charge in [-0.25, -0.2) is 12.8 Å². The molecule has 2 rings (SSSR count). The molecule has 1 saturated heterocycles. The first-order valence-electron chi connectivity index (χ1n) is 6.00. The molecule has 1 aliphatic rings. The van der Waals surface area contributed by atoms with Crippen LogP contribution in [0.25, 0.3) is 0 Å². The number of nitrogens with two attached hydrogens (primary N) is 1. The smallest absolute Gasteiger partial charge is 0.243 e. The molecule has 0 bridgehead atoms. The Morgan fingerprint density at radius 3 is 2.21 bits per heavy atom. The predicted octanol–water partition coefficient (Wildman–Crippen LogP) is 1.61. The maximum Gasteiger partial charge on any atom is 0.243 e. The SMILES string of the molecule is Cl.NCC1CCN(S(=O)(=O)c2ccc(F)cc2)CC1. The van der Waals surface area contributed by atoms with E-state index in [-0.39, 0.29) is 17.3 Å². The van der Waals surface area contributed by atoms with Crippen molar-refractivity contribution >= 4 is 22.4 Å². The van der Waals surface area contributed by atoms with E-state index < -0.39 is 15.8 Å². The van der Waals surface area contributed by atoms with Crippen LogP contribution in [0.1, 0.15) is 12.8 Å². The van der Waals surface area contributed by atoms with Gasteiger partial charge in [0.1, 0.15) is 5.82 Å². The van der Waals surface area contributed by atoms with Gasteiger partial charge in [0.2, 0.25) is 10.0 Å². The maximum absolute atomic E-state index is 12.8. The Kier molecular flexibility index (Phi) is 5.73. The van der Waals surface area contributed by atoms with Crippen LogP contribution in [0.3, 0.4) is 0 Å². The van der Waals surface area contributed by atoms with Crippen molar-refractivity contribution < 1.29 is 12.8 Å². The van der Waals surface area contributed by atoms with E-state index in [1.54, 1.807) is 0 Å². The topological polar surface area (TPSA) is 63.4 Å². The number of halogens is 2. The summed E-state index contributed by atoms with van der Waals surface area (Å²) in [7, 11) is -3.48. The van der Waals surface area contributed by atoms with Crippen molar-refractivity contribution in [2.75, 3.05) is 19.6 Å². The lowest BCUT2D eigenvalue weighted by Crippen LogP contribution is -2.39. The van der Waals surface area contributed by atoms with Crippen molar-refractivity contribution in [3.63, 3.8) is 0 Å². The number of hydrogen-bond donors (Lipinski definition) is 1. The van der Waals surface area contributed by atoms with Crippen LogP contribution in [0.15, 0.2) is 29.2 Å². The molecule has 0 atom stereocenters. The van der Waals surface area contributed by atoms with Gasteiger partial charge in [0.25, 0.3) is 0 Å². The lowest BCUT2D eigenvalue weighted by atomic mass is 9.99. The highest BCUT2D eigenvalue weighted by Gasteiger charge is 2.28. The lowest BCUT2D eigenvalue weighted by Gasteiger charge is -2.30. The van der Waals surface area contributed by atoms with Crippen molar-refractivity contribution in [3.8, 4) is 0 Å². The number of nitrogens with zero attached hydrogens (tertiary/aromatic N) is 1. The average Bonchev–Trinajstić information content (AvgIpc) is 2.39. The lowest BCUT2D eigenvalue weighted by molar-refractivity contribution is 0.278. The Labute approximate surface area is 119 Å². The van der Waals surface area contributed by atoms with E-state index in [1.807, 2.05) is 0 Å². The van der Waals surface area contributed by atoms with E-state index >= 15 is 0 Å². The number of sulfonamides is 1. The zero-order chi connectivity index (χ0) is 13.2. The van der Waals surface area contributed by atoms with E-state index in [0.717, 1.165) is 12.8 Å². The highest BCUT2D eigenvalue weighted by Crippen LogP contribution is 2.23. The standard InChI is InChI=1S/C12H17FN2O2S.ClH/c13-11-1-3-12(4-2-11)18(16,17)15-7-5-10(9-14)6-8-15;/h1-4,10H,5-9,14H2;1H. The largest absolute Gasteiger partial charge is 0.330 e. The third kappa shape index (κ3) is 3.66. The van der Waals surface area contributed by atoms with E-state index in [4.69, 9.17) is 5.73 Å². The molecule has 1 aromatic carbocycles. The van der Waals surface area contributed by atoms with E-state index in [2.05, 4.69) is 0 Å². The quantitative estimate of drug-likeness (QED) is 0.922. The summed E-state index contributed by atoms with van der Waals surface area (Å²) in [5, 5.41) is 0. The highest BCUT2D eigenvalue weighted by molar-refractivity contribution is 7.89.